The number of methoxy groups -OCH3 is 2. The molecule has 0 radical (unpaired) electrons. The molecule has 1 fully saturated rings. The molecule has 106 valence electrons. The molecule has 0 bridgehead atoms. The second-order valence-electron chi connectivity index (χ2n) is 5.13. The number of benzene rings is 1. The average Bonchev–Trinajstić information content (AvgIpc) is 2.45. The number of aryl methyl sites for hydroxylation is 1. The fraction of sp³-hybridized carbons (Fsp3) is 0.600. The third kappa shape index (κ3) is 3.85. The van der Waals surface area contributed by atoms with E-state index in [-0.39, 0.29) is 0 Å². The fourth-order valence-electron chi connectivity index (χ4n) is 2.59. The van der Waals surface area contributed by atoms with Gasteiger partial charge in [0.05, 0.1) is 14.2 Å². The molecule has 0 spiro atoms. The summed E-state index contributed by atoms with van der Waals surface area (Å²) >= 11 is 0. The first-order chi connectivity index (χ1) is 9.22. The Morgan fingerprint density at radius 1 is 1.32 bits per heavy atom. The van der Waals surface area contributed by atoms with Crippen LogP contribution in [0.4, 0.5) is 0 Å². The quantitative estimate of drug-likeness (QED) is 0.874. The Hall–Kier alpha value is -1.26. The molecule has 4 heteroatoms. The SMILES string of the molecule is COc1ccc(OC)c(CCC2CN(C)CCN2)c1. The number of hydrogen-bond acceptors (Lipinski definition) is 4. The third-order valence-electron chi connectivity index (χ3n) is 3.71. The lowest BCUT2D eigenvalue weighted by Crippen LogP contribution is -2.49. The van der Waals surface area contributed by atoms with Crippen molar-refractivity contribution < 1.29 is 9.47 Å². The maximum absolute atomic E-state index is 5.42. The largest absolute Gasteiger partial charge is 0.497 e. The van der Waals surface area contributed by atoms with Crippen molar-refractivity contribution in [2.24, 2.45) is 0 Å². The van der Waals surface area contributed by atoms with E-state index in [1.807, 2.05) is 12.1 Å². The molecule has 1 unspecified atom stereocenters. The predicted molar refractivity (Wildman–Crippen MR) is 77.2 cm³/mol. The number of ether oxygens (including phenoxy) is 2. The minimum Gasteiger partial charge on any atom is -0.497 e. The number of likely N-dealkylation sites (N-methyl/N-ethyl adjacent to an activating group) is 1. The van der Waals surface area contributed by atoms with E-state index in [9.17, 15) is 0 Å². The molecule has 4 nitrogen and oxygen atoms in total. The van der Waals surface area contributed by atoms with E-state index in [1.54, 1.807) is 14.2 Å². The van der Waals surface area contributed by atoms with Gasteiger partial charge in [-0.05, 0) is 43.7 Å². The van der Waals surface area contributed by atoms with Gasteiger partial charge in [-0.15, -0.1) is 0 Å². The molecule has 1 heterocycles. The maximum atomic E-state index is 5.42. The summed E-state index contributed by atoms with van der Waals surface area (Å²) in [7, 11) is 5.60. The van der Waals surface area contributed by atoms with Crippen LogP contribution in [-0.4, -0.2) is 51.8 Å². The molecular weight excluding hydrogens is 240 g/mol. The Bertz CT molecular complexity index is 409. The van der Waals surface area contributed by atoms with E-state index in [2.05, 4.69) is 23.3 Å². The number of nitrogens with one attached hydrogen (secondary N) is 1. The Balaban J connectivity index is 1.97. The molecule has 0 aromatic heterocycles. The molecular formula is C15H24N2O2. The molecule has 1 aromatic carbocycles. The van der Waals surface area contributed by atoms with Crippen LogP contribution in [0, 0.1) is 0 Å². The van der Waals surface area contributed by atoms with E-state index < -0.39 is 0 Å². The van der Waals surface area contributed by atoms with Crippen molar-refractivity contribution in [3.05, 3.63) is 23.8 Å². The monoisotopic (exact) mass is 264 g/mol. The van der Waals surface area contributed by atoms with Crippen LogP contribution in [-0.2, 0) is 6.42 Å². The van der Waals surface area contributed by atoms with Gasteiger partial charge >= 0.3 is 0 Å². The van der Waals surface area contributed by atoms with Crippen molar-refractivity contribution in [2.45, 2.75) is 18.9 Å². The van der Waals surface area contributed by atoms with E-state index in [0.717, 1.165) is 44.0 Å². The molecule has 1 aliphatic heterocycles. The molecule has 19 heavy (non-hydrogen) atoms. The van der Waals surface area contributed by atoms with Gasteiger partial charge in [0.25, 0.3) is 0 Å². The molecule has 0 saturated carbocycles. The molecule has 0 amide bonds. The molecule has 2 rings (SSSR count). The first-order valence-corrected chi connectivity index (χ1v) is 6.85. The highest BCUT2D eigenvalue weighted by molar-refractivity contribution is 5.40. The Kier molecular flexibility index (Phi) is 5.05. The van der Waals surface area contributed by atoms with Crippen LogP contribution in [0.5, 0.6) is 11.5 Å². The lowest BCUT2D eigenvalue weighted by atomic mass is 10.0. The van der Waals surface area contributed by atoms with Crippen LogP contribution in [0.15, 0.2) is 18.2 Å². The topological polar surface area (TPSA) is 33.7 Å². The van der Waals surface area contributed by atoms with Gasteiger partial charge in [-0.25, -0.2) is 0 Å². The molecule has 1 N–H and O–H groups in total. The first kappa shape index (κ1) is 14.2. The smallest absolute Gasteiger partial charge is 0.122 e. The van der Waals surface area contributed by atoms with E-state index in [0.29, 0.717) is 6.04 Å². The lowest BCUT2D eigenvalue weighted by molar-refractivity contribution is 0.232. The minimum absolute atomic E-state index is 0.564. The average molecular weight is 264 g/mol. The fourth-order valence-corrected chi connectivity index (χ4v) is 2.59. The number of nitrogens with zero attached hydrogens (tertiary/aromatic N) is 1. The summed E-state index contributed by atoms with van der Waals surface area (Å²) in [5, 5.41) is 3.57. The maximum Gasteiger partial charge on any atom is 0.122 e. The van der Waals surface area contributed by atoms with Crippen LogP contribution < -0.4 is 14.8 Å². The Morgan fingerprint density at radius 2 is 2.16 bits per heavy atom. The van der Waals surface area contributed by atoms with Gasteiger partial charge in [0.15, 0.2) is 0 Å². The van der Waals surface area contributed by atoms with Crippen LogP contribution in [0.3, 0.4) is 0 Å². The predicted octanol–water partition coefficient (Wildman–Crippen LogP) is 1.54. The molecule has 1 atom stereocenters. The van der Waals surface area contributed by atoms with Crippen LogP contribution >= 0.6 is 0 Å². The molecule has 1 aliphatic rings. The van der Waals surface area contributed by atoms with Gasteiger partial charge in [0, 0.05) is 25.7 Å². The number of rotatable bonds is 5. The second-order valence-corrected chi connectivity index (χ2v) is 5.13. The van der Waals surface area contributed by atoms with E-state index in [1.165, 1.54) is 5.56 Å². The summed E-state index contributed by atoms with van der Waals surface area (Å²) < 4.78 is 10.7. The van der Waals surface area contributed by atoms with Gasteiger partial charge in [-0.1, -0.05) is 0 Å². The van der Waals surface area contributed by atoms with Crippen molar-refractivity contribution >= 4 is 0 Å². The van der Waals surface area contributed by atoms with Gasteiger partial charge in [-0.2, -0.15) is 0 Å². The highest BCUT2D eigenvalue weighted by Crippen LogP contribution is 2.25. The summed E-state index contributed by atoms with van der Waals surface area (Å²) in [6, 6.07) is 6.56. The zero-order valence-electron chi connectivity index (χ0n) is 12.1. The summed E-state index contributed by atoms with van der Waals surface area (Å²) in [6.45, 7) is 3.33. The number of piperazine rings is 1. The Morgan fingerprint density at radius 3 is 2.84 bits per heavy atom. The number of hydrogen-bond donors (Lipinski definition) is 1. The van der Waals surface area contributed by atoms with Crippen molar-refractivity contribution in [3.8, 4) is 11.5 Å². The molecule has 1 aromatic rings. The van der Waals surface area contributed by atoms with Gasteiger partial charge in [0.1, 0.15) is 11.5 Å². The first-order valence-electron chi connectivity index (χ1n) is 6.85. The van der Waals surface area contributed by atoms with Crippen LogP contribution in [0.2, 0.25) is 0 Å². The van der Waals surface area contributed by atoms with Crippen LogP contribution in [0.1, 0.15) is 12.0 Å². The van der Waals surface area contributed by atoms with Crippen molar-refractivity contribution in [1.29, 1.82) is 0 Å². The summed E-state index contributed by atoms with van der Waals surface area (Å²) in [6.07, 6.45) is 2.12. The highest BCUT2D eigenvalue weighted by Gasteiger charge is 2.17. The normalized spacial score (nSPS) is 20.3. The van der Waals surface area contributed by atoms with Crippen molar-refractivity contribution in [3.63, 3.8) is 0 Å². The van der Waals surface area contributed by atoms with E-state index in [4.69, 9.17) is 9.47 Å². The molecule has 0 aliphatic carbocycles. The zero-order chi connectivity index (χ0) is 13.7. The third-order valence-corrected chi connectivity index (χ3v) is 3.71. The summed E-state index contributed by atoms with van der Waals surface area (Å²) in [4.78, 5) is 2.38. The van der Waals surface area contributed by atoms with Crippen LogP contribution in [0.25, 0.3) is 0 Å². The second kappa shape index (κ2) is 6.78. The summed E-state index contributed by atoms with van der Waals surface area (Å²) in [5.41, 5.74) is 1.22. The lowest BCUT2D eigenvalue weighted by Gasteiger charge is -2.31. The molecule has 1 saturated heterocycles. The van der Waals surface area contributed by atoms with Gasteiger partial charge in [0.2, 0.25) is 0 Å². The standard InChI is InChI=1S/C15H24N2O2/c1-17-9-8-16-13(11-17)5-4-12-10-14(18-2)6-7-15(12)19-3/h6-7,10,13,16H,4-5,8-9,11H2,1-3H3. The van der Waals surface area contributed by atoms with Crippen molar-refractivity contribution in [1.82, 2.24) is 10.2 Å². The van der Waals surface area contributed by atoms with Gasteiger partial charge in [-0.3, -0.25) is 0 Å². The Labute approximate surface area is 115 Å². The van der Waals surface area contributed by atoms with Crippen molar-refractivity contribution in [2.75, 3.05) is 40.9 Å². The summed E-state index contributed by atoms with van der Waals surface area (Å²) in [5.74, 6) is 1.84. The van der Waals surface area contributed by atoms with E-state index >= 15 is 0 Å². The van der Waals surface area contributed by atoms with Gasteiger partial charge < -0.3 is 19.7 Å². The highest BCUT2D eigenvalue weighted by atomic mass is 16.5. The minimum atomic E-state index is 0.564. The zero-order valence-corrected chi connectivity index (χ0v) is 12.1.